The summed E-state index contributed by atoms with van der Waals surface area (Å²) < 4.78 is 27.0. The molecular weight excluding hydrogens is 374 g/mol. The smallest absolute Gasteiger partial charge is 0.253 e. The van der Waals surface area contributed by atoms with Crippen LogP contribution in [-0.4, -0.2) is 33.9 Å². The van der Waals surface area contributed by atoms with E-state index in [0.717, 1.165) is 18.5 Å². The second kappa shape index (κ2) is 8.34. The van der Waals surface area contributed by atoms with Crippen LogP contribution in [0.25, 0.3) is 0 Å². The molecule has 2 heterocycles. The molecule has 7 heteroatoms. The molecule has 29 heavy (non-hydrogen) atoms. The van der Waals surface area contributed by atoms with E-state index in [0.29, 0.717) is 30.3 Å². The minimum absolute atomic E-state index is 0.0531. The van der Waals surface area contributed by atoms with Crippen molar-refractivity contribution in [2.75, 3.05) is 18.4 Å². The molecule has 1 aliphatic heterocycles. The highest BCUT2D eigenvalue weighted by Gasteiger charge is 2.26. The molecule has 0 bridgehead atoms. The van der Waals surface area contributed by atoms with Crippen LogP contribution < -0.4 is 5.32 Å². The minimum Gasteiger partial charge on any atom is -0.338 e. The molecule has 148 valence electrons. The zero-order chi connectivity index (χ0) is 20.2. The number of likely N-dealkylation sites (tertiary alicyclic amines) is 1. The molecular formula is C22H20F2N4O. The van der Waals surface area contributed by atoms with Crippen molar-refractivity contribution in [1.82, 2.24) is 14.9 Å². The van der Waals surface area contributed by atoms with E-state index < -0.39 is 0 Å². The Labute approximate surface area is 167 Å². The van der Waals surface area contributed by atoms with Gasteiger partial charge in [0.2, 0.25) is 5.95 Å². The zero-order valence-corrected chi connectivity index (χ0v) is 15.7. The number of hydrogen-bond donors (Lipinski definition) is 1. The second-order valence-electron chi connectivity index (χ2n) is 7.01. The molecule has 1 fully saturated rings. The maximum atomic E-state index is 13.9. The van der Waals surface area contributed by atoms with Gasteiger partial charge in [0.05, 0.1) is 11.4 Å². The lowest BCUT2D eigenvalue weighted by Gasteiger charge is -2.32. The summed E-state index contributed by atoms with van der Waals surface area (Å²) in [6.45, 7) is 1.17. The number of hydrogen-bond acceptors (Lipinski definition) is 4. The molecule has 5 nitrogen and oxygen atoms in total. The van der Waals surface area contributed by atoms with Gasteiger partial charge in [-0.15, -0.1) is 0 Å². The molecule has 0 saturated carbocycles. The normalized spacial score (nSPS) is 16.5. The van der Waals surface area contributed by atoms with Crippen molar-refractivity contribution in [1.29, 1.82) is 0 Å². The fourth-order valence-electron chi connectivity index (χ4n) is 3.52. The maximum Gasteiger partial charge on any atom is 0.253 e. The van der Waals surface area contributed by atoms with E-state index in [9.17, 15) is 13.6 Å². The highest BCUT2D eigenvalue weighted by molar-refractivity contribution is 5.94. The molecule has 1 N–H and O–H groups in total. The standard InChI is InChI=1S/C22H20F2N4O/c23-17-9-7-15(8-10-17)21(29)28-13-3-4-16(14-28)19-11-12-25-22(26-19)27-20-6-2-1-5-18(20)24/h1-2,5-12,16H,3-4,13-14H2,(H,25,26,27)/t16-/m0/s1. The summed E-state index contributed by atoms with van der Waals surface area (Å²) in [7, 11) is 0. The summed E-state index contributed by atoms with van der Waals surface area (Å²) in [4.78, 5) is 23.2. The molecule has 4 rings (SSSR count). The lowest BCUT2D eigenvalue weighted by Crippen LogP contribution is -2.39. The van der Waals surface area contributed by atoms with E-state index in [4.69, 9.17) is 0 Å². The Morgan fingerprint density at radius 2 is 1.86 bits per heavy atom. The van der Waals surface area contributed by atoms with Crippen LogP contribution in [0.3, 0.4) is 0 Å². The number of anilines is 2. The summed E-state index contributed by atoms with van der Waals surface area (Å²) >= 11 is 0. The fraction of sp³-hybridized carbons (Fsp3) is 0.227. The number of aromatic nitrogens is 2. The quantitative estimate of drug-likeness (QED) is 0.707. The van der Waals surface area contributed by atoms with Gasteiger partial charge >= 0.3 is 0 Å². The lowest BCUT2D eigenvalue weighted by atomic mass is 9.94. The summed E-state index contributed by atoms with van der Waals surface area (Å²) in [6, 6.07) is 13.7. The zero-order valence-electron chi connectivity index (χ0n) is 15.7. The first-order valence-corrected chi connectivity index (χ1v) is 9.49. The van der Waals surface area contributed by atoms with Crippen molar-refractivity contribution in [3.63, 3.8) is 0 Å². The van der Waals surface area contributed by atoms with Gasteiger partial charge in [0.15, 0.2) is 0 Å². The van der Waals surface area contributed by atoms with Crippen molar-refractivity contribution in [2.24, 2.45) is 0 Å². The SMILES string of the molecule is O=C(c1ccc(F)cc1)N1CCC[C@H](c2ccnc(Nc3ccccc3F)n2)C1. The Morgan fingerprint density at radius 1 is 1.07 bits per heavy atom. The first-order chi connectivity index (χ1) is 14.1. The number of rotatable bonds is 4. The molecule has 0 radical (unpaired) electrons. The van der Waals surface area contributed by atoms with E-state index in [2.05, 4.69) is 15.3 Å². The number of para-hydroxylation sites is 1. The molecule has 1 amide bonds. The average molecular weight is 394 g/mol. The van der Waals surface area contributed by atoms with E-state index in [1.807, 2.05) is 6.07 Å². The third-order valence-corrected chi connectivity index (χ3v) is 5.02. The van der Waals surface area contributed by atoms with Gasteiger partial charge in [0, 0.05) is 30.8 Å². The molecule has 1 aromatic heterocycles. The highest BCUT2D eigenvalue weighted by Crippen LogP contribution is 2.27. The van der Waals surface area contributed by atoms with Gasteiger partial charge in [-0.25, -0.2) is 18.7 Å². The van der Waals surface area contributed by atoms with Crippen molar-refractivity contribution in [3.8, 4) is 0 Å². The van der Waals surface area contributed by atoms with E-state index >= 15 is 0 Å². The number of halogens is 2. The largest absolute Gasteiger partial charge is 0.338 e. The van der Waals surface area contributed by atoms with Crippen LogP contribution in [0.15, 0.2) is 60.8 Å². The van der Waals surface area contributed by atoms with Crippen LogP contribution in [-0.2, 0) is 0 Å². The second-order valence-corrected chi connectivity index (χ2v) is 7.01. The molecule has 0 aliphatic carbocycles. The van der Waals surface area contributed by atoms with Crippen molar-refractivity contribution >= 4 is 17.5 Å². The van der Waals surface area contributed by atoms with E-state index in [1.54, 1.807) is 29.3 Å². The topological polar surface area (TPSA) is 58.1 Å². The lowest BCUT2D eigenvalue weighted by molar-refractivity contribution is 0.0706. The number of piperidine rings is 1. The first-order valence-electron chi connectivity index (χ1n) is 9.49. The van der Waals surface area contributed by atoms with Crippen LogP contribution in [0, 0.1) is 11.6 Å². The number of nitrogens with one attached hydrogen (secondary N) is 1. The number of benzene rings is 2. The number of amides is 1. The van der Waals surface area contributed by atoms with Crippen LogP contribution in [0.2, 0.25) is 0 Å². The van der Waals surface area contributed by atoms with Gasteiger partial charge < -0.3 is 10.2 Å². The summed E-state index contributed by atoms with van der Waals surface area (Å²) in [5.74, 6) is -0.496. The molecule has 0 spiro atoms. The van der Waals surface area contributed by atoms with Gasteiger partial charge in [-0.1, -0.05) is 12.1 Å². The molecule has 1 saturated heterocycles. The average Bonchev–Trinajstić information content (AvgIpc) is 2.76. The van der Waals surface area contributed by atoms with Crippen molar-refractivity contribution in [3.05, 3.63) is 83.7 Å². The van der Waals surface area contributed by atoms with Crippen LogP contribution in [0.4, 0.5) is 20.4 Å². The van der Waals surface area contributed by atoms with E-state index in [1.165, 1.54) is 30.3 Å². The molecule has 3 aromatic rings. The van der Waals surface area contributed by atoms with Crippen LogP contribution >= 0.6 is 0 Å². The van der Waals surface area contributed by atoms with Crippen molar-refractivity contribution in [2.45, 2.75) is 18.8 Å². The Morgan fingerprint density at radius 3 is 2.66 bits per heavy atom. The van der Waals surface area contributed by atoms with Gasteiger partial charge in [0.25, 0.3) is 5.91 Å². The van der Waals surface area contributed by atoms with Gasteiger partial charge in [0.1, 0.15) is 11.6 Å². The third kappa shape index (κ3) is 4.39. The number of nitrogens with zero attached hydrogens (tertiary/aromatic N) is 3. The first kappa shape index (κ1) is 19.0. The Bertz CT molecular complexity index is 1010. The number of carbonyl (C=O) groups excluding carboxylic acids is 1. The van der Waals surface area contributed by atoms with Gasteiger partial charge in [-0.3, -0.25) is 4.79 Å². The van der Waals surface area contributed by atoms with Gasteiger partial charge in [-0.2, -0.15) is 0 Å². The van der Waals surface area contributed by atoms with Crippen LogP contribution in [0.1, 0.15) is 34.8 Å². The molecule has 1 aliphatic rings. The highest BCUT2D eigenvalue weighted by atomic mass is 19.1. The summed E-state index contributed by atoms with van der Waals surface area (Å²) in [5.41, 5.74) is 1.58. The molecule has 1 atom stereocenters. The predicted molar refractivity (Wildman–Crippen MR) is 106 cm³/mol. The number of carbonyl (C=O) groups is 1. The summed E-state index contributed by atoms with van der Waals surface area (Å²) in [6.07, 6.45) is 3.37. The third-order valence-electron chi connectivity index (χ3n) is 5.02. The fourth-order valence-corrected chi connectivity index (χ4v) is 3.52. The Hall–Kier alpha value is -3.35. The Balaban J connectivity index is 1.49. The Kier molecular flexibility index (Phi) is 5.46. The molecule has 0 unspecified atom stereocenters. The monoisotopic (exact) mass is 394 g/mol. The van der Waals surface area contributed by atoms with Gasteiger partial charge in [-0.05, 0) is 55.3 Å². The maximum absolute atomic E-state index is 13.9. The summed E-state index contributed by atoms with van der Waals surface area (Å²) in [5, 5.41) is 2.90. The van der Waals surface area contributed by atoms with Crippen LogP contribution in [0.5, 0.6) is 0 Å². The predicted octanol–water partition coefficient (Wildman–Crippen LogP) is 4.52. The molecule has 2 aromatic carbocycles. The van der Waals surface area contributed by atoms with Crippen molar-refractivity contribution < 1.29 is 13.6 Å². The minimum atomic E-state index is -0.379. The van der Waals surface area contributed by atoms with E-state index in [-0.39, 0.29) is 23.5 Å².